The van der Waals surface area contributed by atoms with E-state index in [1.165, 1.54) is 23.5 Å². The number of rotatable bonds is 6. The standard InChI is InChI=1S/C24H20FN3O2S/c1-14-2-6-18(27-13-14)22-12-19-24(31-22)21(8-9-26-19)30-20-7-5-16(11-17(20)25)28-23(29)10-15-3-4-15/h2,5-9,11-13,15H,3-4,10H2,1H3,(H,28,29). The molecule has 0 saturated heterocycles. The molecule has 0 spiro atoms. The fourth-order valence-electron chi connectivity index (χ4n) is 3.31. The van der Waals surface area contributed by atoms with Crippen molar-refractivity contribution in [1.29, 1.82) is 0 Å². The van der Waals surface area contributed by atoms with E-state index in [-0.39, 0.29) is 11.7 Å². The SMILES string of the molecule is Cc1ccc(-c2cc3nccc(Oc4ccc(NC(=O)CC5CC5)cc4F)c3s2)nc1. The number of aryl methyl sites for hydroxylation is 1. The van der Waals surface area contributed by atoms with Crippen LogP contribution < -0.4 is 10.1 Å². The Labute approximate surface area is 182 Å². The number of amides is 1. The van der Waals surface area contributed by atoms with Crippen LogP contribution in [0.15, 0.2) is 54.9 Å². The Morgan fingerprint density at radius 3 is 2.77 bits per heavy atom. The number of thiophene rings is 1. The minimum Gasteiger partial charge on any atom is -0.453 e. The summed E-state index contributed by atoms with van der Waals surface area (Å²) in [6, 6.07) is 12.1. The minimum atomic E-state index is -0.536. The first-order chi connectivity index (χ1) is 15.0. The zero-order valence-corrected chi connectivity index (χ0v) is 17.7. The maximum absolute atomic E-state index is 14.7. The Morgan fingerprint density at radius 1 is 1.16 bits per heavy atom. The molecular formula is C24H20FN3O2S. The van der Waals surface area contributed by atoms with Crippen molar-refractivity contribution in [3.63, 3.8) is 0 Å². The van der Waals surface area contributed by atoms with Gasteiger partial charge in [0, 0.05) is 36.6 Å². The number of fused-ring (bicyclic) bond motifs is 1. The van der Waals surface area contributed by atoms with Crippen molar-refractivity contribution in [2.24, 2.45) is 5.92 Å². The summed E-state index contributed by atoms with van der Waals surface area (Å²) in [7, 11) is 0. The molecule has 156 valence electrons. The molecule has 31 heavy (non-hydrogen) atoms. The summed E-state index contributed by atoms with van der Waals surface area (Å²) in [6.07, 6.45) is 6.15. The van der Waals surface area contributed by atoms with Crippen molar-refractivity contribution in [3.05, 3.63) is 66.2 Å². The van der Waals surface area contributed by atoms with Crippen LogP contribution in [0.25, 0.3) is 20.8 Å². The number of nitrogens with zero attached hydrogens (tertiary/aromatic N) is 2. The number of aromatic nitrogens is 2. The Bertz CT molecular complexity index is 1270. The fourth-order valence-corrected chi connectivity index (χ4v) is 4.35. The molecule has 0 atom stereocenters. The van der Waals surface area contributed by atoms with Crippen LogP contribution in [0.2, 0.25) is 0 Å². The molecule has 1 fully saturated rings. The lowest BCUT2D eigenvalue weighted by molar-refractivity contribution is -0.116. The number of halogens is 1. The van der Waals surface area contributed by atoms with Crippen molar-refractivity contribution < 1.29 is 13.9 Å². The van der Waals surface area contributed by atoms with Gasteiger partial charge in [0.05, 0.1) is 20.8 Å². The summed E-state index contributed by atoms with van der Waals surface area (Å²) in [4.78, 5) is 21.8. The quantitative estimate of drug-likeness (QED) is 0.386. The second-order valence-corrected chi connectivity index (χ2v) is 8.85. The third-order valence-corrected chi connectivity index (χ3v) is 6.31. The van der Waals surface area contributed by atoms with Crippen LogP contribution in [-0.4, -0.2) is 15.9 Å². The van der Waals surface area contributed by atoms with Crippen LogP contribution in [0.1, 0.15) is 24.8 Å². The lowest BCUT2D eigenvalue weighted by atomic mass is 10.2. The Morgan fingerprint density at radius 2 is 2.03 bits per heavy atom. The second kappa shape index (κ2) is 8.07. The van der Waals surface area contributed by atoms with Crippen LogP contribution >= 0.6 is 11.3 Å². The molecule has 0 unspecified atom stereocenters. The predicted molar refractivity (Wildman–Crippen MR) is 120 cm³/mol. The maximum Gasteiger partial charge on any atom is 0.224 e. The Hall–Kier alpha value is -3.32. The molecule has 1 saturated carbocycles. The predicted octanol–water partition coefficient (Wildman–Crippen LogP) is 6.34. The van der Waals surface area contributed by atoms with Gasteiger partial charge < -0.3 is 10.1 Å². The van der Waals surface area contributed by atoms with Crippen LogP contribution in [0.5, 0.6) is 11.5 Å². The van der Waals surface area contributed by atoms with E-state index in [0.29, 0.717) is 23.8 Å². The van der Waals surface area contributed by atoms with E-state index in [2.05, 4.69) is 15.3 Å². The van der Waals surface area contributed by atoms with Crippen LogP contribution in [0.4, 0.5) is 10.1 Å². The molecule has 1 amide bonds. The minimum absolute atomic E-state index is 0.0813. The van der Waals surface area contributed by atoms with E-state index in [4.69, 9.17) is 4.74 Å². The van der Waals surface area contributed by atoms with E-state index in [0.717, 1.165) is 39.2 Å². The number of hydrogen-bond donors (Lipinski definition) is 1. The smallest absolute Gasteiger partial charge is 0.224 e. The average Bonchev–Trinajstić information content (AvgIpc) is 3.44. The van der Waals surface area contributed by atoms with Gasteiger partial charge in [-0.2, -0.15) is 0 Å². The summed E-state index contributed by atoms with van der Waals surface area (Å²) in [6.45, 7) is 1.99. The third kappa shape index (κ3) is 4.41. The largest absolute Gasteiger partial charge is 0.453 e. The highest BCUT2D eigenvalue weighted by molar-refractivity contribution is 7.22. The molecule has 0 bridgehead atoms. The van der Waals surface area contributed by atoms with Gasteiger partial charge >= 0.3 is 0 Å². The van der Waals surface area contributed by atoms with Gasteiger partial charge in [0.25, 0.3) is 0 Å². The molecule has 5 rings (SSSR count). The van der Waals surface area contributed by atoms with Gasteiger partial charge in [0.2, 0.25) is 5.91 Å². The number of benzene rings is 1. The van der Waals surface area contributed by atoms with E-state index in [1.54, 1.807) is 18.3 Å². The van der Waals surface area contributed by atoms with Gasteiger partial charge in [-0.1, -0.05) is 6.07 Å². The molecular weight excluding hydrogens is 413 g/mol. The molecule has 0 radical (unpaired) electrons. The maximum atomic E-state index is 14.7. The average molecular weight is 434 g/mol. The normalized spacial score (nSPS) is 13.4. The van der Waals surface area contributed by atoms with Crippen molar-refractivity contribution in [3.8, 4) is 22.1 Å². The first-order valence-electron chi connectivity index (χ1n) is 10.1. The highest BCUT2D eigenvalue weighted by Crippen LogP contribution is 2.39. The number of carbonyl (C=O) groups excluding carboxylic acids is 1. The van der Waals surface area contributed by atoms with Gasteiger partial charge in [-0.25, -0.2) is 4.39 Å². The molecule has 3 heterocycles. The number of anilines is 1. The summed E-state index contributed by atoms with van der Waals surface area (Å²) < 4.78 is 21.4. The number of nitrogens with one attached hydrogen (secondary N) is 1. The molecule has 0 aliphatic heterocycles. The van der Waals surface area contributed by atoms with Gasteiger partial charge in [0.1, 0.15) is 5.75 Å². The molecule has 1 aliphatic carbocycles. The van der Waals surface area contributed by atoms with Crippen molar-refractivity contribution in [2.75, 3.05) is 5.32 Å². The number of pyridine rings is 2. The highest BCUT2D eigenvalue weighted by Gasteiger charge is 2.24. The first kappa shape index (κ1) is 19.6. The van der Waals surface area contributed by atoms with Crippen LogP contribution in [0, 0.1) is 18.7 Å². The van der Waals surface area contributed by atoms with Gasteiger partial charge in [-0.05, 0) is 55.5 Å². The molecule has 7 heteroatoms. The topological polar surface area (TPSA) is 64.1 Å². The van der Waals surface area contributed by atoms with Gasteiger partial charge in [-0.3, -0.25) is 14.8 Å². The summed E-state index contributed by atoms with van der Waals surface area (Å²) in [5.41, 5.74) is 3.15. The van der Waals surface area contributed by atoms with E-state index >= 15 is 0 Å². The van der Waals surface area contributed by atoms with Gasteiger partial charge in [-0.15, -0.1) is 11.3 Å². The van der Waals surface area contributed by atoms with Crippen LogP contribution in [-0.2, 0) is 4.79 Å². The molecule has 1 aromatic carbocycles. The summed E-state index contributed by atoms with van der Waals surface area (Å²) in [5.74, 6) is 0.481. The lowest BCUT2D eigenvalue weighted by Gasteiger charge is -2.10. The van der Waals surface area contributed by atoms with E-state index < -0.39 is 5.82 Å². The van der Waals surface area contributed by atoms with Gasteiger partial charge in [0.15, 0.2) is 11.6 Å². The van der Waals surface area contributed by atoms with Crippen molar-refractivity contribution >= 4 is 33.1 Å². The zero-order chi connectivity index (χ0) is 21.4. The molecule has 1 aliphatic rings. The zero-order valence-electron chi connectivity index (χ0n) is 16.9. The van der Waals surface area contributed by atoms with Crippen molar-refractivity contribution in [1.82, 2.24) is 9.97 Å². The number of carbonyl (C=O) groups is 1. The molecule has 5 nitrogen and oxygen atoms in total. The number of ether oxygens (including phenoxy) is 1. The lowest BCUT2D eigenvalue weighted by Crippen LogP contribution is -2.12. The third-order valence-electron chi connectivity index (χ3n) is 5.15. The highest BCUT2D eigenvalue weighted by atomic mass is 32.1. The summed E-state index contributed by atoms with van der Waals surface area (Å²) in [5, 5.41) is 2.75. The van der Waals surface area contributed by atoms with E-state index in [9.17, 15) is 9.18 Å². The molecule has 4 aromatic rings. The monoisotopic (exact) mass is 433 g/mol. The Kier molecular flexibility index (Phi) is 5.11. The second-order valence-electron chi connectivity index (χ2n) is 7.80. The van der Waals surface area contributed by atoms with Crippen molar-refractivity contribution in [2.45, 2.75) is 26.2 Å². The van der Waals surface area contributed by atoms with E-state index in [1.807, 2.05) is 31.3 Å². The van der Waals surface area contributed by atoms with Crippen LogP contribution in [0.3, 0.4) is 0 Å². The molecule has 1 N–H and O–H groups in total. The first-order valence-corrected chi connectivity index (χ1v) is 11.0. The Balaban J connectivity index is 1.38. The number of hydrogen-bond acceptors (Lipinski definition) is 5. The fraction of sp³-hybridized carbons (Fsp3) is 0.208. The molecule has 3 aromatic heterocycles. The summed E-state index contributed by atoms with van der Waals surface area (Å²) >= 11 is 1.50.